The van der Waals surface area contributed by atoms with Crippen molar-refractivity contribution >= 4 is 28.9 Å². The average molecular weight is 285 g/mol. The third-order valence-corrected chi connectivity index (χ3v) is 3.39. The Hall–Kier alpha value is -1.26. The number of amides is 1. The van der Waals surface area contributed by atoms with Crippen molar-refractivity contribution in [1.82, 2.24) is 0 Å². The zero-order valence-electron chi connectivity index (χ0n) is 11.4. The molecule has 19 heavy (non-hydrogen) atoms. The molecule has 2 N–H and O–H groups in total. The van der Waals surface area contributed by atoms with Gasteiger partial charge in [-0.05, 0) is 31.2 Å². The highest BCUT2D eigenvalue weighted by Gasteiger charge is 2.11. The molecule has 0 saturated carbocycles. The molecule has 1 rings (SSSR count). The minimum Gasteiger partial charge on any atom is -0.395 e. The number of aliphatic hydroxyl groups is 1. The van der Waals surface area contributed by atoms with Gasteiger partial charge in [-0.25, -0.2) is 0 Å². The fourth-order valence-electron chi connectivity index (χ4n) is 1.68. The molecule has 0 aromatic heterocycles. The molecule has 0 aliphatic rings. The van der Waals surface area contributed by atoms with Crippen LogP contribution in [0.4, 0.5) is 11.4 Å². The first-order valence-corrected chi connectivity index (χ1v) is 6.98. The Balaban J connectivity index is 2.68. The zero-order valence-corrected chi connectivity index (χ0v) is 12.2. The van der Waals surface area contributed by atoms with Crippen molar-refractivity contribution in [2.24, 2.45) is 5.92 Å². The van der Waals surface area contributed by atoms with Crippen LogP contribution in [-0.4, -0.2) is 36.6 Å². The van der Waals surface area contributed by atoms with E-state index in [0.717, 1.165) is 17.9 Å². The Bertz CT molecular complexity index is 395. The molecule has 4 nitrogen and oxygen atoms in total. The molecular weight excluding hydrogens is 264 g/mol. The number of alkyl halides is 1. The molecule has 0 spiro atoms. The molecule has 106 valence electrons. The molecular formula is C14H21ClN2O2. The fourth-order valence-corrected chi connectivity index (χ4v) is 1.82. The first kappa shape index (κ1) is 15.8. The van der Waals surface area contributed by atoms with Crippen molar-refractivity contribution in [1.29, 1.82) is 0 Å². The van der Waals surface area contributed by atoms with Crippen molar-refractivity contribution in [3.63, 3.8) is 0 Å². The van der Waals surface area contributed by atoms with Crippen LogP contribution in [-0.2, 0) is 4.79 Å². The van der Waals surface area contributed by atoms with Crippen molar-refractivity contribution in [3.05, 3.63) is 24.3 Å². The van der Waals surface area contributed by atoms with Gasteiger partial charge in [0.1, 0.15) is 0 Å². The van der Waals surface area contributed by atoms with Crippen molar-refractivity contribution in [3.8, 4) is 0 Å². The van der Waals surface area contributed by atoms with Crippen LogP contribution in [0.3, 0.4) is 0 Å². The van der Waals surface area contributed by atoms with E-state index in [0.29, 0.717) is 12.4 Å². The van der Waals surface area contributed by atoms with Gasteiger partial charge in [0.05, 0.1) is 6.61 Å². The summed E-state index contributed by atoms with van der Waals surface area (Å²) in [4.78, 5) is 13.7. The molecule has 0 radical (unpaired) electrons. The number of likely N-dealkylation sites (N-methyl/N-ethyl adjacent to an activating group) is 1. The first-order valence-electron chi connectivity index (χ1n) is 6.45. The number of carbonyl (C=O) groups is 1. The van der Waals surface area contributed by atoms with E-state index in [9.17, 15) is 4.79 Å². The number of hydrogen-bond acceptors (Lipinski definition) is 3. The highest BCUT2D eigenvalue weighted by Crippen LogP contribution is 2.18. The van der Waals surface area contributed by atoms with Crippen LogP contribution >= 0.6 is 11.6 Å². The molecule has 0 bridgehead atoms. The van der Waals surface area contributed by atoms with Crippen molar-refractivity contribution in [2.45, 2.75) is 13.8 Å². The van der Waals surface area contributed by atoms with Gasteiger partial charge in [0, 0.05) is 36.3 Å². The smallest absolute Gasteiger partial charge is 0.228 e. The van der Waals surface area contributed by atoms with Crippen LogP contribution in [0, 0.1) is 5.92 Å². The van der Waals surface area contributed by atoms with Crippen LogP contribution < -0.4 is 10.2 Å². The van der Waals surface area contributed by atoms with Gasteiger partial charge in [0.2, 0.25) is 5.91 Å². The molecule has 1 atom stereocenters. The monoisotopic (exact) mass is 284 g/mol. The normalized spacial score (nSPS) is 12.0. The Morgan fingerprint density at radius 2 is 2.05 bits per heavy atom. The Labute approximate surface area is 119 Å². The minimum absolute atomic E-state index is 0.0783. The first-order chi connectivity index (χ1) is 9.12. The van der Waals surface area contributed by atoms with Gasteiger partial charge in [-0.3, -0.25) is 4.79 Å². The van der Waals surface area contributed by atoms with Gasteiger partial charge >= 0.3 is 0 Å². The van der Waals surface area contributed by atoms with Gasteiger partial charge in [0.25, 0.3) is 0 Å². The SMILES string of the molecule is CCN(CCO)c1ccc(NC(=O)C(C)CCl)cc1. The lowest BCUT2D eigenvalue weighted by Gasteiger charge is -2.22. The summed E-state index contributed by atoms with van der Waals surface area (Å²) in [5.74, 6) is 0.0256. The Kier molecular flexibility index (Phi) is 6.67. The van der Waals surface area contributed by atoms with Crippen LogP contribution in [0.1, 0.15) is 13.8 Å². The predicted octanol–water partition coefficient (Wildman–Crippen LogP) is 2.32. The van der Waals surface area contributed by atoms with Crippen molar-refractivity contribution < 1.29 is 9.90 Å². The number of nitrogens with one attached hydrogen (secondary N) is 1. The van der Waals surface area contributed by atoms with E-state index in [1.165, 1.54) is 0 Å². The topological polar surface area (TPSA) is 52.6 Å². The van der Waals surface area contributed by atoms with E-state index in [1.807, 2.05) is 31.2 Å². The molecule has 1 unspecified atom stereocenters. The quantitative estimate of drug-likeness (QED) is 0.756. The summed E-state index contributed by atoms with van der Waals surface area (Å²) in [7, 11) is 0. The lowest BCUT2D eigenvalue weighted by Crippen LogP contribution is -2.26. The van der Waals surface area contributed by atoms with Gasteiger partial charge < -0.3 is 15.3 Å². The van der Waals surface area contributed by atoms with E-state index in [4.69, 9.17) is 16.7 Å². The van der Waals surface area contributed by atoms with Gasteiger partial charge in [-0.15, -0.1) is 11.6 Å². The second kappa shape index (κ2) is 8.02. The minimum atomic E-state index is -0.206. The second-order valence-electron chi connectivity index (χ2n) is 4.39. The van der Waals surface area contributed by atoms with Gasteiger partial charge in [0.15, 0.2) is 0 Å². The summed E-state index contributed by atoms with van der Waals surface area (Å²) < 4.78 is 0. The lowest BCUT2D eigenvalue weighted by atomic mass is 10.2. The molecule has 0 aliphatic heterocycles. The molecule has 1 amide bonds. The molecule has 0 heterocycles. The fraction of sp³-hybridized carbons (Fsp3) is 0.500. The van der Waals surface area contributed by atoms with Crippen LogP contribution in [0.25, 0.3) is 0 Å². The average Bonchev–Trinajstić information content (AvgIpc) is 2.44. The highest BCUT2D eigenvalue weighted by atomic mass is 35.5. The van der Waals surface area contributed by atoms with E-state index in [-0.39, 0.29) is 18.4 Å². The summed E-state index contributed by atoms with van der Waals surface area (Å²) in [5, 5.41) is 11.8. The van der Waals surface area contributed by atoms with Crippen LogP contribution in [0.5, 0.6) is 0 Å². The number of carbonyl (C=O) groups excluding carboxylic acids is 1. The number of anilines is 2. The number of halogens is 1. The third kappa shape index (κ3) is 4.73. The van der Waals surface area contributed by atoms with Crippen LogP contribution in [0.2, 0.25) is 0 Å². The maximum absolute atomic E-state index is 11.7. The predicted molar refractivity (Wildman–Crippen MR) is 79.9 cm³/mol. The van der Waals surface area contributed by atoms with E-state index in [1.54, 1.807) is 6.92 Å². The van der Waals surface area contributed by atoms with Gasteiger partial charge in [-0.2, -0.15) is 0 Å². The number of hydrogen-bond donors (Lipinski definition) is 2. The van der Waals surface area contributed by atoms with E-state index in [2.05, 4.69) is 10.2 Å². The maximum Gasteiger partial charge on any atom is 0.228 e. The Morgan fingerprint density at radius 3 is 2.53 bits per heavy atom. The van der Waals surface area contributed by atoms with Crippen molar-refractivity contribution in [2.75, 3.05) is 35.8 Å². The molecule has 0 fully saturated rings. The summed E-state index contributed by atoms with van der Waals surface area (Å²) in [6.07, 6.45) is 0. The standard InChI is InChI=1S/C14H21ClN2O2/c1-3-17(8-9-18)13-6-4-12(5-7-13)16-14(19)11(2)10-15/h4-7,11,18H,3,8-10H2,1-2H3,(H,16,19). The molecule has 0 aliphatic carbocycles. The summed E-state index contributed by atoms with van der Waals surface area (Å²) in [6, 6.07) is 7.57. The van der Waals surface area contributed by atoms with E-state index >= 15 is 0 Å². The molecule has 1 aromatic carbocycles. The number of rotatable bonds is 7. The summed E-state index contributed by atoms with van der Waals surface area (Å²) in [5.41, 5.74) is 1.78. The largest absolute Gasteiger partial charge is 0.395 e. The Morgan fingerprint density at radius 1 is 1.42 bits per heavy atom. The molecule has 0 saturated heterocycles. The van der Waals surface area contributed by atoms with Gasteiger partial charge in [-0.1, -0.05) is 6.92 Å². The zero-order chi connectivity index (χ0) is 14.3. The van der Waals surface area contributed by atoms with Crippen LogP contribution in [0.15, 0.2) is 24.3 Å². The summed E-state index contributed by atoms with van der Waals surface area (Å²) in [6.45, 7) is 5.38. The number of aliphatic hydroxyl groups excluding tert-OH is 1. The second-order valence-corrected chi connectivity index (χ2v) is 4.70. The third-order valence-electron chi connectivity index (χ3n) is 2.93. The number of benzene rings is 1. The maximum atomic E-state index is 11.7. The lowest BCUT2D eigenvalue weighted by molar-refractivity contribution is -0.118. The highest BCUT2D eigenvalue weighted by molar-refractivity contribution is 6.19. The summed E-state index contributed by atoms with van der Waals surface area (Å²) >= 11 is 5.64. The van der Waals surface area contributed by atoms with E-state index < -0.39 is 0 Å². The molecule has 5 heteroatoms. The number of nitrogens with zero attached hydrogens (tertiary/aromatic N) is 1. The molecule has 1 aromatic rings.